The van der Waals surface area contributed by atoms with Gasteiger partial charge in [-0.2, -0.15) is 0 Å². The van der Waals surface area contributed by atoms with Crippen molar-refractivity contribution < 1.29 is 17.6 Å². The van der Waals surface area contributed by atoms with Crippen molar-refractivity contribution in [3.63, 3.8) is 0 Å². The van der Waals surface area contributed by atoms with Crippen molar-refractivity contribution >= 4 is 44.6 Å². The number of anilines is 2. The first kappa shape index (κ1) is 20.4. The minimum absolute atomic E-state index is 0.0451. The molecule has 0 spiro atoms. The Kier molecular flexibility index (Phi) is 6.20. The van der Waals surface area contributed by atoms with E-state index in [4.69, 9.17) is 12.2 Å². The summed E-state index contributed by atoms with van der Waals surface area (Å²) in [7, 11) is -3.74. The number of hydrogen-bond acceptors (Lipinski definition) is 4. The summed E-state index contributed by atoms with van der Waals surface area (Å²) in [6.07, 6.45) is 0. The van der Waals surface area contributed by atoms with Gasteiger partial charge in [0.2, 0.25) is 0 Å². The molecular weight excluding hydrogens is 413 g/mol. The number of rotatable bonds is 5. The van der Waals surface area contributed by atoms with Crippen LogP contribution in [0.5, 0.6) is 0 Å². The third kappa shape index (κ3) is 5.37. The highest BCUT2D eigenvalue weighted by Crippen LogP contribution is 2.18. The Bertz CT molecular complexity index is 1140. The smallest absolute Gasteiger partial charge is 0.261 e. The predicted molar refractivity (Wildman–Crippen MR) is 114 cm³/mol. The van der Waals surface area contributed by atoms with Crippen molar-refractivity contribution in [2.24, 2.45) is 0 Å². The van der Waals surface area contributed by atoms with Crippen LogP contribution in [-0.2, 0) is 10.0 Å². The molecule has 0 unspecified atom stereocenters. The van der Waals surface area contributed by atoms with E-state index in [1.807, 2.05) is 0 Å². The number of benzene rings is 3. The highest BCUT2D eigenvalue weighted by Gasteiger charge is 2.15. The van der Waals surface area contributed by atoms with E-state index < -0.39 is 21.7 Å². The number of hydrogen-bond donors (Lipinski definition) is 3. The second-order valence-corrected chi connectivity index (χ2v) is 7.97. The van der Waals surface area contributed by atoms with E-state index in [-0.39, 0.29) is 15.6 Å². The fraction of sp³-hybridized carbons (Fsp3) is 0. The molecule has 1 amide bonds. The summed E-state index contributed by atoms with van der Waals surface area (Å²) in [6, 6.07) is 19.8. The lowest BCUT2D eigenvalue weighted by molar-refractivity contribution is 0.0974. The van der Waals surface area contributed by atoms with Gasteiger partial charge in [0.25, 0.3) is 15.9 Å². The average Bonchev–Trinajstić information content (AvgIpc) is 2.69. The fourth-order valence-electron chi connectivity index (χ4n) is 2.42. The summed E-state index contributed by atoms with van der Waals surface area (Å²) < 4.78 is 41.0. The number of sulfonamides is 1. The Hall–Kier alpha value is -3.30. The maximum atomic E-state index is 13.6. The molecule has 0 bridgehead atoms. The number of halogens is 1. The quantitative estimate of drug-likeness (QED) is 0.538. The number of para-hydroxylation sites is 1. The third-order valence-electron chi connectivity index (χ3n) is 3.79. The summed E-state index contributed by atoms with van der Waals surface area (Å²) >= 11 is 5.05. The molecule has 148 valence electrons. The maximum Gasteiger partial charge on any atom is 0.261 e. The SMILES string of the molecule is O=C(NC(=S)Nc1ccc(S(=O)(=O)Nc2ccccc2)cc1)c1ccccc1F. The predicted octanol–water partition coefficient (Wildman–Crippen LogP) is 3.75. The molecule has 3 aromatic rings. The average molecular weight is 429 g/mol. The molecule has 9 heteroatoms. The first-order valence-corrected chi connectivity index (χ1v) is 10.3. The molecule has 0 radical (unpaired) electrons. The Balaban J connectivity index is 1.63. The van der Waals surface area contributed by atoms with Crippen LogP contribution in [0.4, 0.5) is 15.8 Å². The Morgan fingerprint density at radius 3 is 2.10 bits per heavy atom. The van der Waals surface area contributed by atoms with Gasteiger partial charge in [-0.1, -0.05) is 30.3 Å². The molecule has 0 saturated heterocycles. The van der Waals surface area contributed by atoms with Crippen LogP contribution in [0.15, 0.2) is 83.8 Å². The molecule has 29 heavy (non-hydrogen) atoms. The number of nitrogens with one attached hydrogen (secondary N) is 3. The van der Waals surface area contributed by atoms with Crippen LogP contribution in [-0.4, -0.2) is 19.4 Å². The molecule has 0 aromatic heterocycles. The van der Waals surface area contributed by atoms with E-state index in [0.717, 1.165) is 0 Å². The molecule has 0 aliphatic heterocycles. The van der Waals surface area contributed by atoms with Crippen molar-refractivity contribution in [1.29, 1.82) is 0 Å². The monoisotopic (exact) mass is 429 g/mol. The Morgan fingerprint density at radius 2 is 1.45 bits per heavy atom. The molecule has 0 aliphatic rings. The zero-order valence-corrected chi connectivity index (χ0v) is 16.6. The topological polar surface area (TPSA) is 87.3 Å². The zero-order chi connectivity index (χ0) is 20.9. The Labute approximate surface area is 172 Å². The molecule has 0 saturated carbocycles. The van der Waals surface area contributed by atoms with E-state index in [0.29, 0.717) is 11.4 Å². The van der Waals surface area contributed by atoms with Gasteiger partial charge in [0.05, 0.1) is 10.5 Å². The van der Waals surface area contributed by atoms with E-state index >= 15 is 0 Å². The normalized spacial score (nSPS) is 10.8. The molecule has 0 fully saturated rings. The Morgan fingerprint density at radius 1 is 0.828 bits per heavy atom. The van der Waals surface area contributed by atoms with Crippen LogP contribution in [0.2, 0.25) is 0 Å². The number of thiocarbonyl (C=S) groups is 1. The van der Waals surface area contributed by atoms with Crippen LogP contribution in [0.1, 0.15) is 10.4 Å². The first-order chi connectivity index (χ1) is 13.8. The summed E-state index contributed by atoms with van der Waals surface area (Å²) in [5.74, 6) is -1.35. The van der Waals surface area contributed by atoms with Gasteiger partial charge in [-0.05, 0) is 60.7 Å². The largest absolute Gasteiger partial charge is 0.332 e. The lowest BCUT2D eigenvalue weighted by atomic mass is 10.2. The van der Waals surface area contributed by atoms with Crippen LogP contribution in [0.25, 0.3) is 0 Å². The van der Waals surface area contributed by atoms with Gasteiger partial charge in [0.15, 0.2) is 5.11 Å². The highest BCUT2D eigenvalue weighted by atomic mass is 32.2. The minimum Gasteiger partial charge on any atom is -0.332 e. The van der Waals surface area contributed by atoms with Gasteiger partial charge in [-0.3, -0.25) is 14.8 Å². The van der Waals surface area contributed by atoms with Crippen LogP contribution >= 0.6 is 12.2 Å². The zero-order valence-electron chi connectivity index (χ0n) is 14.9. The molecule has 0 heterocycles. The number of amides is 1. The molecule has 6 nitrogen and oxygen atoms in total. The second-order valence-electron chi connectivity index (χ2n) is 5.88. The molecule has 3 N–H and O–H groups in total. The van der Waals surface area contributed by atoms with Crippen LogP contribution in [0, 0.1) is 5.82 Å². The second kappa shape index (κ2) is 8.80. The van der Waals surface area contributed by atoms with Crippen LogP contribution in [0.3, 0.4) is 0 Å². The van der Waals surface area contributed by atoms with Gasteiger partial charge >= 0.3 is 0 Å². The van der Waals surface area contributed by atoms with Gasteiger partial charge in [-0.25, -0.2) is 12.8 Å². The molecule has 0 aliphatic carbocycles. The highest BCUT2D eigenvalue weighted by molar-refractivity contribution is 7.92. The van der Waals surface area contributed by atoms with E-state index in [1.165, 1.54) is 48.5 Å². The van der Waals surface area contributed by atoms with Gasteiger partial charge in [0, 0.05) is 11.4 Å². The van der Waals surface area contributed by atoms with Gasteiger partial charge in [-0.15, -0.1) is 0 Å². The van der Waals surface area contributed by atoms with Crippen molar-refractivity contribution in [2.45, 2.75) is 4.90 Å². The molecule has 3 aromatic carbocycles. The maximum absolute atomic E-state index is 13.6. The standard InChI is InChI=1S/C20H16FN3O3S2/c21-18-9-5-4-8-17(18)19(25)23-20(28)22-14-10-12-16(13-11-14)29(26,27)24-15-6-2-1-3-7-15/h1-13,24H,(H2,22,23,25,28). The van der Waals surface area contributed by atoms with Crippen molar-refractivity contribution in [3.05, 3.63) is 90.2 Å². The molecular formula is C20H16FN3O3S2. The third-order valence-corrected chi connectivity index (χ3v) is 5.40. The van der Waals surface area contributed by atoms with E-state index in [1.54, 1.807) is 30.3 Å². The van der Waals surface area contributed by atoms with Crippen molar-refractivity contribution in [2.75, 3.05) is 10.0 Å². The van der Waals surface area contributed by atoms with Crippen LogP contribution < -0.4 is 15.4 Å². The molecule has 3 rings (SSSR count). The first-order valence-electron chi connectivity index (χ1n) is 8.40. The van der Waals surface area contributed by atoms with E-state index in [9.17, 15) is 17.6 Å². The fourth-order valence-corrected chi connectivity index (χ4v) is 3.69. The summed E-state index contributed by atoms with van der Waals surface area (Å²) in [5.41, 5.74) is 0.777. The molecule has 0 atom stereocenters. The summed E-state index contributed by atoms with van der Waals surface area (Å²) in [4.78, 5) is 12.1. The number of carbonyl (C=O) groups excluding carboxylic acids is 1. The summed E-state index contributed by atoms with van der Waals surface area (Å²) in [6.45, 7) is 0. The van der Waals surface area contributed by atoms with E-state index in [2.05, 4.69) is 15.4 Å². The number of carbonyl (C=O) groups is 1. The van der Waals surface area contributed by atoms with Crippen molar-refractivity contribution in [3.8, 4) is 0 Å². The summed E-state index contributed by atoms with van der Waals surface area (Å²) in [5, 5.41) is 5.08. The minimum atomic E-state index is -3.74. The van der Waals surface area contributed by atoms with Gasteiger partial charge in [0.1, 0.15) is 5.82 Å². The lowest BCUT2D eigenvalue weighted by Crippen LogP contribution is -2.34. The van der Waals surface area contributed by atoms with Gasteiger partial charge < -0.3 is 5.32 Å². The lowest BCUT2D eigenvalue weighted by Gasteiger charge is -2.11. The van der Waals surface area contributed by atoms with Crippen molar-refractivity contribution in [1.82, 2.24) is 5.32 Å².